The molecule has 0 atom stereocenters. The van der Waals surface area contributed by atoms with Gasteiger partial charge in [0.15, 0.2) is 0 Å². The van der Waals surface area contributed by atoms with Gasteiger partial charge in [0.05, 0.1) is 11.1 Å². The minimum atomic E-state index is -0.373. The van der Waals surface area contributed by atoms with E-state index in [9.17, 15) is 9.59 Å². The number of rotatable bonds is 4. The second-order valence-electron chi connectivity index (χ2n) is 7.39. The second kappa shape index (κ2) is 8.36. The molecule has 0 aromatic heterocycles. The van der Waals surface area contributed by atoms with Gasteiger partial charge >= 0.3 is 11.9 Å². The van der Waals surface area contributed by atoms with Crippen LogP contribution in [0.5, 0.6) is 0 Å². The molecule has 3 aromatic rings. The van der Waals surface area contributed by atoms with Crippen LogP contribution in [0.25, 0.3) is 23.7 Å². The molecule has 0 fully saturated rings. The fourth-order valence-electron chi connectivity index (χ4n) is 3.51. The second-order valence-corrected chi connectivity index (χ2v) is 7.39. The summed E-state index contributed by atoms with van der Waals surface area (Å²) in [6.45, 7) is 0. The fraction of sp³-hybridized carbons (Fsp3) is 0. The molecule has 32 heavy (non-hydrogen) atoms. The van der Waals surface area contributed by atoms with Crippen molar-refractivity contribution in [2.45, 2.75) is 0 Å². The van der Waals surface area contributed by atoms with Gasteiger partial charge in [-0.1, -0.05) is 84.9 Å². The lowest BCUT2D eigenvalue weighted by molar-refractivity contribution is -0.131. The first-order valence-corrected chi connectivity index (χ1v) is 10.2. The molecule has 0 saturated carbocycles. The minimum absolute atomic E-state index is 0.373. The van der Waals surface area contributed by atoms with Crippen LogP contribution in [0.2, 0.25) is 0 Å². The van der Waals surface area contributed by atoms with E-state index >= 15 is 0 Å². The SMILES string of the molecule is O=C1OC(c2ccccc2)=CC1=Cc1ccc(C=C2C=C(c3ccccc3)OC2=O)cc1. The van der Waals surface area contributed by atoms with Crippen LogP contribution in [0.15, 0.2) is 108 Å². The van der Waals surface area contributed by atoms with Gasteiger partial charge in [0.25, 0.3) is 0 Å². The number of benzene rings is 3. The van der Waals surface area contributed by atoms with E-state index in [1.54, 1.807) is 24.3 Å². The van der Waals surface area contributed by atoms with Crippen molar-refractivity contribution in [3.8, 4) is 0 Å². The zero-order valence-electron chi connectivity index (χ0n) is 17.0. The van der Waals surface area contributed by atoms with Gasteiger partial charge < -0.3 is 9.47 Å². The molecular weight excluding hydrogens is 400 g/mol. The summed E-state index contributed by atoms with van der Waals surface area (Å²) < 4.78 is 10.8. The number of hydrogen-bond donors (Lipinski definition) is 0. The van der Waals surface area contributed by atoms with Crippen LogP contribution in [-0.2, 0) is 19.1 Å². The van der Waals surface area contributed by atoms with Crippen molar-refractivity contribution in [2.24, 2.45) is 0 Å². The maximum atomic E-state index is 12.2. The lowest BCUT2D eigenvalue weighted by Gasteiger charge is -2.00. The average molecular weight is 418 g/mol. The standard InChI is InChI=1S/C28H18O4/c29-27-23(17-25(31-27)21-7-3-1-4-8-21)15-19-11-13-20(14-12-19)16-24-18-26(32-28(24)30)22-9-5-2-6-10-22/h1-18H. The largest absolute Gasteiger partial charge is 0.422 e. The summed E-state index contributed by atoms with van der Waals surface area (Å²) in [5.74, 6) is 0.345. The van der Waals surface area contributed by atoms with Crippen LogP contribution in [-0.4, -0.2) is 11.9 Å². The molecule has 2 aliphatic rings. The van der Waals surface area contributed by atoms with Crippen molar-refractivity contribution in [1.29, 1.82) is 0 Å². The predicted molar refractivity (Wildman–Crippen MR) is 123 cm³/mol. The summed E-state index contributed by atoms with van der Waals surface area (Å²) >= 11 is 0. The summed E-state index contributed by atoms with van der Waals surface area (Å²) in [5.41, 5.74) is 4.42. The van der Waals surface area contributed by atoms with Gasteiger partial charge in [-0.15, -0.1) is 0 Å². The number of carbonyl (C=O) groups is 2. The van der Waals surface area contributed by atoms with Crippen LogP contribution in [0, 0.1) is 0 Å². The van der Waals surface area contributed by atoms with E-state index in [-0.39, 0.29) is 11.9 Å². The van der Waals surface area contributed by atoms with Crippen molar-refractivity contribution in [2.75, 3.05) is 0 Å². The molecule has 0 radical (unpaired) electrons. The Labute approximate surface area is 185 Å². The first-order chi connectivity index (χ1) is 15.7. The molecule has 0 amide bonds. The highest BCUT2D eigenvalue weighted by Gasteiger charge is 2.23. The average Bonchev–Trinajstić information content (AvgIpc) is 3.38. The zero-order valence-corrected chi connectivity index (χ0v) is 17.0. The van der Waals surface area contributed by atoms with Crippen LogP contribution in [0.3, 0.4) is 0 Å². The molecule has 4 nitrogen and oxygen atoms in total. The maximum absolute atomic E-state index is 12.2. The summed E-state index contributed by atoms with van der Waals surface area (Å²) in [7, 11) is 0. The van der Waals surface area contributed by atoms with Gasteiger partial charge in [-0.3, -0.25) is 0 Å². The lowest BCUT2D eigenvalue weighted by Crippen LogP contribution is -1.97. The fourth-order valence-corrected chi connectivity index (χ4v) is 3.51. The molecule has 3 aromatic carbocycles. The Morgan fingerprint density at radius 1 is 0.500 bits per heavy atom. The van der Waals surface area contributed by atoms with E-state index in [1.807, 2.05) is 84.9 Å². The molecule has 5 rings (SSSR count). The molecule has 154 valence electrons. The Balaban J connectivity index is 1.36. The van der Waals surface area contributed by atoms with Crippen LogP contribution in [0.4, 0.5) is 0 Å². The van der Waals surface area contributed by atoms with E-state index in [1.165, 1.54) is 0 Å². The zero-order chi connectivity index (χ0) is 21.9. The Hall–Kier alpha value is -4.44. The number of carbonyl (C=O) groups excluding carboxylic acids is 2. The van der Waals surface area contributed by atoms with Gasteiger partial charge in [-0.05, 0) is 35.4 Å². The highest BCUT2D eigenvalue weighted by Crippen LogP contribution is 2.29. The molecule has 2 aliphatic heterocycles. The van der Waals surface area contributed by atoms with E-state index < -0.39 is 0 Å². The van der Waals surface area contributed by atoms with Crippen LogP contribution >= 0.6 is 0 Å². The summed E-state index contributed by atoms with van der Waals surface area (Å²) in [6, 6.07) is 26.6. The van der Waals surface area contributed by atoms with Crippen molar-refractivity contribution in [3.63, 3.8) is 0 Å². The van der Waals surface area contributed by atoms with Gasteiger partial charge in [-0.25, -0.2) is 9.59 Å². The lowest BCUT2D eigenvalue weighted by atomic mass is 10.1. The van der Waals surface area contributed by atoms with E-state index in [2.05, 4.69) is 0 Å². The van der Waals surface area contributed by atoms with Gasteiger partial charge in [-0.2, -0.15) is 0 Å². The molecule has 0 aliphatic carbocycles. The number of ether oxygens (including phenoxy) is 2. The molecule has 0 saturated heterocycles. The molecule has 4 heteroatoms. The Bertz CT molecular complexity index is 1200. The topological polar surface area (TPSA) is 52.6 Å². The van der Waals surface area contributed by atoms with Gasteiger partial charge in [0, 0.05) is 11.1 Å². The van der Waals surface area contributed by atoms with Gasteiger partial charge in [0.1, 0.15) is 11.5 Å². The highest BCUT2D eigenvalue weighted by atomic mass is 16.5. The van der Waals surface area contributed by atoms with Crippen molar-refractivity contribution >= 4 is 35.6 Å². The van der Waals surface area contributed by atoms with Crippen LogP contribution < -0.4 is 0 Å². The first-order valence-electron chi connectivity index (χ1n) is 10.2. The Morgan fingerprint density at radius 3 is 1.25 bits per heavy atom. The van der Waals surface area contributed by atoms with Gasteiger partial charge in [0.2, 0.25) is 0 Å². The molecular formula is C28H18O4. The quantitative estimate of drug-likeness (QED) is 0.406. The molecule has 0 bridgehead atoms. The number of hydrogen-bond acceptors (Lipinski definition) is 4. The summed E-state index contributed by atoms with van der Waals surface area (Å²) in [4.78, 5) is 24.5. The third-order valence-electron chi connectivity index (χ3n) is 5.15. The van der Waals surface area contributed by atoms with Crippen LogP contribution in [0.1, 0.15) is 22.3 Å². The van der Waals surface area contributed by atoms with E-state index in [0.717, 1.165) is 22.3 Å². The predicted octanol–water partition coefficient (Wildman–Crippen LogP) is 5.65. The molecule has 0 unspecified atom stereocenters. The van der Waals surface area contributed by atoms with Crippen molar-refractivity contribution in [1.82, 2.24) is 0 Å². The molecule has 0 spiro atoms. The first kappa shape index (κ1) is 19.5. The smallest absolute Gasteiger partial charge is 0.343 e. The minimum Gasteiger partial charge on any atom is -0.422 e. The van der Waals surface area contributed by atoms with Crippen molar-refractivity contribution < 1.29 is 19.1 Å². The van der Waals surface area contributed by atoms with E-state index in [0.29, 0.717) is 22.7 Å². The van der Waals surface area contributed by atoms with Crippen molar-refractivity contribution in [3.05, 3.63) is 130 Å². The third-order valence-corrected chi connectivity index (χ3v) is 5.15. The summed E-state index contributed by atoms with van der Waals surface area (Å²) in [5, 5.41) is 0. The molecule has 0 N–H and O–H groups in total. The number of esters is 2. The monoisotopic (exact) mass is 418 g/mol. The molecule has 2 heterocycles. The summed E-state index contributed by atoms with van der Waals surface area (Å²) in [6.07, 6.45) is 7.06. The maximum Gasteiger partial charge on any atom is 0.343 e. The third kappa shape index (κ3) is 4.07. The Kier molecular flexibility index (Phi) is 5.10. The normalized spacial score (nSPS) is 17.9. The number of cyclic esters (lactones) is 2. The highest BCUT2D eigenvalue weighted by molar-refractivity contribution is 6.06. The Morgan fingerprint density at radius 2 is 0.875 bits per heavy atom. The van der Waals surface area contributed by atoms with E-state index in [4.69, 9.17) is 9.47 Å².